The van der Waals surface area contributed by atoms with Crippen LogP contribution in [0.25, 0.3) is 11.6 Å². The maximum atomic E-state index is 12.6. The molecular formula is C24H24ClN3O. The number of nitrogens with one attached hydrogen (secondary N) is 1. The van der Waals surface area contributed by atoms with E-state index in [1.165, 1.54) is 0 Å². The number of allylic oxidation sites excluding steroid dienone is 1. The molecule has 2 aromatic carbocycles. The molecule has 0 atom stereocenters. The SMILES string of the molecule is CC1=CC(C)(C)N(C)c2cc(Cl)c(/C=C(/C#N)C(=O)Nc3ccccc3C)cc21. The van der Waals surface area contributed by atoms with Crippen LogP contribution >= 0.6 is 11.6 Å². The van der Waals surface area contributed by atoms with Crippen LogP contribution in [0.5, 0.6) is 0 Å². The first-order valence-electron chi connectivity index (χ1n) is 9.40. The number of hydrogen-bond acceptors (Lipinski definition) is 3. The van der Waals surface area contributed by atoms with Crippen LogP contribution < -0.4 is 10.2 Å². The number of hydrogen-bond donors (Lipinski definition) is 1. The minimum Gasteiger partial charge on any atom is -0.365 e. The van der Waals surface area contributed by atoms with Gasteiger partial charge in [-0.2, -0.15) is 5.26 Å². The number of nitriles is 1. The van der Waals surface area contributed by atoms with E-state index in [1.54, 1.807) is 12.1 Å². The second kappa shape index (κ2) is 7.77. The van der Waals surface area contributed by atoms with Crippen molar-refractivity contribution in [1.82, 2.24) is 0 Å². The van der Waals surface area contributed by atoms with Crippen LogP contribution in [0.15, 0.2) is 48.0 Å². The smallest absolute Gasteiger partial charge is 0.266 e. The van der Waals surface area contributed by atoms with Gasteiger partial charge in [-0.1, -0.05) is 35.9 Å². The molecule has 0 saturated carbocycles. The Bertz CT molecular complexity index is 1090. The molecule has 0 unspecified atom stereocenters. The molecule has 2 aromatic rings. The van der Waals surface area contributed by atoms with Crippen molar-refractivity contribution in [1.29, 1.82) is 5.26 Å². The standard InChI is InChI=1S/C24H24ClN3O/c1-15-8-6-7-9-21(15)27-23(29)18(14-26)10-17-11-19-16(2)13-24(3,4)28(5)22(19)12-20(17)25/h6-13H,1-5H3,(H,27,29)/b18-10-. The zero-order valence-corrected chi connectivity index (χ0v) is 18.1. The highest BCUT2D eigenvalue weighted by atomic mass is 35.5. The molecule has 29 heavy (non-hydrogen) atoms. The number of anilines is 2. The normalized spacial score (nSPS) is 15.3. The fraction of sp³-hybridized carbons (Fsp3) is 0.250. The fourth-order valence-electron chi connectivity index (χ4n) is 3.51. The molecule has 1 amide bonds. The Balaban J connectivity index is 1.99. The summed E-state index contributed by atoms with van der Waals surface area (Å²) in [5, 5.41) is 12.9. The van der Waals surface area contributed by atoms with Gasteiger partial charge in [0.1, 0.15) is 11.6 Å². The highest BCUT2D eigenvalue weighted by Gasteiger charge is 2.29. The number of carbonyl (C=O) groups is 1. The molecule has 0 spiro atoms. The van der Waals surface area contributed by atoms with Crippen LogP contribution in [-0.4, -0.2) is 18.5 Å². The zero-order valence-electron chi connectivity index (χ0n) is 17.3. The first-order valence-corrected chi connectivity index (χ1v) is 9.78. The minimum absolute atomic E-state index is 0.00114. The van der Waals surface area contributed by atoms with Crippen LogP contribution in [0.2, 0.25) is 5.02 Å². The summed E-state index contributed by atoms with van der Waals surface area (Å²) in [6, 6.07) is 13.3. The monoisotopic (exact) mass is 405 g/mol. The summed E-state index contributed by atoms with van der Waals surface area (Å²) in [7, 11) is 2.03. The third-order valence-corrected chi connectivity index (χ3v) is 5.72. The maximum absolute atomic E-state index is 12.6. The van der Waals surface area contributed by atoms with Gasteiger partial charge < -0.3 is 10.2 Å². The minimum atomic E-state index is -0.457. The summed E-state index contributed by atoms with van der Waals surface area (Å²) < 4.78 is 0. The molecule has 5 heteroatoms. The largest absolute Gasteiger partial charge is 0.365 e. The molecule has 4 nitrogen and oxygen atoms in total. The third-order valence-electron chi connectivity index (χ3n) is 5.39. The molecule has 0 bridgehead atoms. The predicted octanol–water partition coefficient (Wildman–Crippen LogP) is 5.83. The van der Waals surface area contributed by atoms with Gasteiger partial charge in [-0.15, -0.1) is 0 Å². The lowest BCUT2D eigenvalue weighted by atomic mass is 9.88. The van der Waals surface area contributed by atoms with Gasteiger partial charge in [-0.3, -0.25) is 4.79 Å². The van der Waals surface area contributed by atoms with E-state index in [-0.39, 0.29) is 11.1 Å². The third kappa shape index (κ3) is 4.06. The summed E-state index contributed by atoms with van der Waals surface area (Å²) in [4.78, 5) is 14.8. The van der Waals surface area contributed by atoms with Crippen molar-refractivity contribution in [3.63, 3.8) is 0 Å². The van der Waals surface area contributed by atoms with E-state index in [2.05, 4.69) is 37.1 Å². The van der Waals surface area contributed by atoms with E-state index in [9.17, 15) is 10.1 Å². The highest BCUT2D eigenvalue weighted by molar-refractivity contribution is 6.32. The lowest BCUT2D eigenvalue weighted by Crippen LogP contribution is -2.42. The van der Waals surface area contributed by atoms with Crippen molar-refractivity contribution >= 4 is 40.5 Å². The Hall–Kier alpha value is -3.03. The number of fused-ring (bicyclic) bond motifs is 1. The van der Waals surface area contributed by atoms with Gasteiger partial charge in [-0.25, -0.2) is 0 Å². The average molecular weight is 406 g/mol. The topological polar surface area (TPSA) is 56.1 Å². The van der Waals surface area contributed by atoms with Gasteiger partial charge >= 0.3 is 0 Å². The van der Waals surface area contributed by atoms with Crippen molar-refractivity contribution in [3.8, 4) is 6.07 Å². The molecule has 1 N–H and O–H groups in total. The lowest BCUT2D eigenvalue weighted by Gasteiger charge is -2.40. The number of likely N-dealkylation sites (N-methyl/N-ethyl adjacent to an activating group) is 1. The van der Waals surface area contributed by atoms with Gasteiger partial charge in [0.05, 0.1) is 5.54 Å². The number of rotatable bonds is 3. The first kappa shape index (κ1) is 20.7. The quantitative estimate of drug-likeness (QED) is 0.516. The van der Waals surface area contributed by atoms with E-state index in [0.29, 0.717) is 16.3 Å². The number of para-hydroxylation sites is 1. The molecule has 1 heterocycles. The Labute approximate surface area is 177 Å². The zero-order chi connectivity index (χ0) is 21.3. The molecule has 0 aromatic heterocycles. The second-order valence-electron chi connectivity index (χ2n) is 7.87. The number of aryl methyl sites for hydroxylation is 1. The van der Waals surface area contributed by atoms with E-state index in [1.807, 2.05) is 50.4 Å². The molecule has 0 fully saturated rings. The number of carbonyl (C=O) groups excluding carboxylic acids is 1. The number of halogens is 1. The molecule has 0 radical (unpaired) electrons. The van der Waals surface area contributed by atoms with Gasteiger partial charge in [0, 0.05) is 29.0 Å². The number of nitrogens with zero attached hydrogens (tertiary/aromatic N) is 2. The Morgan fingerprint density at radius 3 is 2.59 bits per heavy atom. The fourth-order valence-corrected chi connectivity index (χ4v) is 3.72. The van der Waals surface area contributed by atoms with Crippen LogP contribution in [0.4, 0.5) is 11.4 Å². The molecule has 0 aliphatic carbocycles. The molecule has 3 rings (SSSR count). The molecule has 1 aliphatic heterocycles. The second-order valence-corrected chi connectivity index (χ2v) is 8.28. The number of benzene rings is 2. The van der Waals surface area contributed by atoms with Crippen molar-refractivity contribution in [2.45, 2.75) is 33.2 Å². The first-order chi connectivity index (χ1) is 13.6. The average Bonchev–Trinajstić information content (AvgIpc) is 2.66. The van der Waals surface area contributed by atoms with Crippen LogP contribution in [0.1, 0.15) is 37.5 Å². The lowest BCUT2D eigenvalue weighted by molar-refractivity contribution is -0.112. The van der Waals surface area contributed by atoms with Crippen molar-refractivity contribution < 1.29 is 4.79 Å². The summed E-state index contributed by atoms with van der Waals surface area (Å²) in [6.45, 7) is 8.25. The van der Waals surface area contributed by atoms with Gasteiger partial charge in [0.2, 0.25) is 0 Å². The van der Waals surface area contributed by atoms with Gasteiger partial charge in [0.15, 0.2) is 0 Å². The van der Waals surface area contributed by atoms with E-state index >= 15 is 0 Å². The predicted molar refractivity (Wildman–Crippen MR) is 121 cm³/mol. The van der Waals surface area contributed by atoms with Gasteiger partial charge in [0.25, 0.3) is 5.91 Å². The summed E-state index contributed by atoms with van der Waals surface area (Å²) in [5.41, 5.74) is 5.33. The van der Waals surface area contributed by atoms with E-state index in [4.69, 9.17) is 11.6 Å². The van der Waals surface area contributed by atoms with E-state index < -0.39 is 5.91 Å². The Morgan fingerprint density at radius 2 is 1.93 bits per heavy atom. The Morgan fingerprint density at radius 1 is 1.24 bits per heavy atom. The van der Waals surface area contributed by atoms with Crippen molar-refractivity contribution in [2.24, 2.45) is 0 Å². The van der Waals surface area contributed by atoms with E-state index in [0.717, 1.165) is 22.4 Å². The van der Waals surface area contributed by atoms with Crippen LogP contribution in [0.3, 0.4) is 0 Å². The van der Waals surface area contributed by atoms with Crippen LogP contribution in [-0.2, 0) is 4.79 Å². The van der Waals surface area contributed by atoms with Gasteiger partial charge in [-0.05, 0) is 68.7 Å². The Kier molecular flexibility index (Phi) is 5.55. The van der Waals surface area contributed by atoms with Crippen molar-refractivity contribution in [3.05, 3.63) is 69.8 Å². The molecule has 148 valence electrons. The molecular weight excluding hydrogens is 382 g/mol. The number of amides is 1. The maximum Gasteiger partial charge on any atom is 0.266 e. The molecule has 0 saturated heterocycles. The summed E-state index contributed by atoms with van der Waals surface area (Å²) in [5.74, 6) is -0.457. The van der Waals surface area contributed by atoms with Crippen LogP contribution in [0, 0.1) is 18.3 Å². The molecule has 1 aliphatic rings. The highest BCUT2D eigenvalue weighted by Crippen LogP contribution is 2.40. The summed E-state index contributed by atoms with van der Waals surface area (Å²) >= 11 is 6.53. The van der Waals surface area contributed by atoms with Crippen molar-refractivity contribution in [2.75, 3.05) is 17.3 Å². The summed E-state index contributed by atoms with van der Waals surface area (Å²) in [6.07, 6.45) is 3.75.